The summed E-state index contributed by atoms with van der Waals surface area (Å²) in [4.78, 5) is 26.4. The second-order valence-corrected chi connectivity index (χ2v) is 6.52. The molecule has 1 aromatic carbocycles. The quantitative estimate of drug-likeness (QED) is 0.818. The number of carbonyl (C=O) groups is 1. The number of aromatic nitrogens is 1. The number of oxazole rings is 1. The largest absolute Gasteiger partial charge is 0.419 e. The van der Waals surface area contributed by atoms with E-state index in [9.17, 15) is 9.59 Å². The molecule has 1 aromatic heterocycles. The molecule has 0 unspecified atom stereocenters. The standard InChI is InChI=1S/C16H19N3O4/c1-18-12-4-2-3-11(13(12)23-15(18)21)14(20)19-7-10-8-22-6-5-16(10,17)9-19/h2-4,10H,5-9,17H2,1H3/t10-,16+/m1/s1. The first kappa shape index (κ1) is 14.5. The molecule has 2 aromatic rings. The van der Waals surface area contributed by atoms with Gasteiger partial charge in [-0.15, -0.1) is 0 Å². The minimum atomic E-state index is -0.473. The smallest absolute Gasteiger partial charge is 0.407 e. The Bertz CT molecular complexity index is 839. The number of benzene rings is 1. The average molecular weight is 317 g/mol. The lowest BCUT2D eigenvalue weighted by Gasteiger charge is -2.34. The summed E-state index contributed by atoms with van der Waals surface area (Å²) in [5.74, 6) is -0.467. The molecule has 1 amide bonds. The van der Waals surface area contributed by atoms with Crippen LogP contribution < -0.4 is 11.5 Å². The highest BCUT2D eigenvalue weighted by molar-refractivity contribution is 6.04. The zero-order chi connectivity index (χ0) is 16.2. The number of likely N-dealkylation sites (tertiary alicyclic amines) is 1. The van der Waals surface area contributed by atoms with Gasteiger partial charge in [0.1, 0.15) is 0 Å². The van der Waals surface area contributed by atoms with Gasteiger partial charge < -0.3 is 19.8 Å². The number of amides is 1. The molecule has 0 radical (unpaired) electrons. The second kappa shape index (κ2) is 4.94. The Labute approximate surface area is 132 Å². The Hall–Kier alpha value is -2.12. The maximum atomic E-state index is 12.9. The number of nitrogens with zero attached hydrogens (tertiary/aromatic N) is 2. The number of para-hydroxylation sites is 1. The van der Waals surface area contributed by atoms with E-state index in [0.29, 0.717) is 43.0 Å². The van der Waals surface area contributed by atoms with E-state index in [1.807, 2.05) is 0 Å². The number of aryl methyl sites for hydroxylation is 1. The summed E-state index contributed by atoms with van der Waals surface area (Å²) in [6.45, 7) is 2.30. The number of carbonyl (C=O) groups excluding carboxylic acids is 1. The van der Waals surface area contributed by atoms with Gasteiger partial charge in [-0.3, -0.25) is 9.36 Å². The highest BCUT2D eigenvalue weighted by atomic mass is 16.5. The monoisotopic (exact) mass is 317 g/mol. The molecule has 7 nitrogen and oxygen atoms in total. The van der Waals surface area contributed by atoms with Crippen molar-refractivity contribution in [3.8, 4) is 0 Å². The molecule has 2 aliphatic rings. The molecule has 23 heavy (non-hydrogen) atoms. The van der Waals surface area contributed by atoms with Gasteiger partial charge in [-0.25, -0.2) is 4.79 Å². The van der Waals surface area contributed by atoms with Crippen LogP contribution in [0.2, 0.25) is 0 Å². The molecule has 2 aliphatic heterocycles. The van der Waals surface area contributed by atoms with Crippen LogP contribution in [0.5, 0.6) is 0 Å². The van der Waals surface area contributed by atoms with Crippen LogP contribution in [0.25, 0.3) is 11.1 Å². The van der Waals surface area contributed by atoms with Gasteiger partial charge in [0, 0.05) is 38.2 Å². The van der Waals surface area contributed by atoms with Crippen LogP contribution in [0.4, 0.5) is 0 Å². The molecule has 0 saturated carbocycles. The summed E-state index contributed by atoms with van der Waals surface area (Å²) in [7, 11) is 1.62. The minimum Gasteiger partial charge on any atom is -0.407 e. The van der Waals surface area contributed by atoms with Crippen LogP contribution in [-0.4, -0.2) is 47.2 Å². The first-order chi connectivity index (χ1) is 11.0. The Balaban J connectivity index is 1.70. The van der Waals surface area contributed by atoms with Gasteiger partial charge in [0.05, 0.1) is 17.7 Å². The average Bonchev–Trinajstić information content (AvgIpc) is 3.04. The molecule has 122 valence electrons. The lowest BCUT2D eigenvalue weighted by Crippen LogP contribution is -2.52. The second-order valence-electron chi connectivity index (χ2n) is 6.52. The first-order valence-corrected chi connectivity index (χ1v) is 7.74. The zero-order valence-corrected chi connectivity index (χ0v) is 12.9. The fraction of sp³-hybridized carbons (Fsp3) is 0.500. The van der Waals surface area contributed by atoms with Crippen molar-refractivity contribution in [2.24, 2.45) is 18.7 Å². The van der Waals surface area contributed by atoms with Crippen molar-refractivity contribution < 1.29 is 13.9 Å². The van der Waals surface area contributed by atoms with E-state index in [4.69, 9.17) is 14.9 Å². The Morgan fingerprint density at radius 3 is 3.04 bits per heavy atom. The van der Waals surface area contributed by atoms with Crippen molar-refractivity contribution in [3.05, 3.63) is 34.3 Å². The van der Waals surface area contributed by atoms with Crippen molar-refractivity contribution in [2.45, 2.75) is 12.0 Å². The van der Waals surface area contributed by atoms with Gasteiger partial charge in [0.15, 0.2) is 5.58 Å². The molecule has 2 N–H and O–H groups in total. The topological polar surface area (TPSA) is 90.7 Å². The van der Waals surface area contributed by atoms with Crippen molar-refractivity contribution in [1.29, 1.82) is 0 Å². The molecule has 2 saturated heterocycles. The predicted molar refractivity (Wildman–Crippen MR) is 83.2 cm³/mol. The van der Waals surface area contributed by atoms with Gasteiger partial charge in [-0.1, -0.05) is 6.07 Å². The van der Waals surface area contributed by atoms with Crippen molar-refractivity contribution in [1.82, 2.24) is 9.47 Å². The summed E-state index contributed by atoms with van der Waals surface area (Å²) >= 11 is 0. The molecule has 7 heteroatoms. The first-order valence-electron chi connectivity index (χ1n) is 7.74. The number of hydrogen-bond acceptors (Lipinski definition) is 5. The van der Waals surface area contributed by atoms with E-state index < -0.39 is 5.76 Å². The molecule has 3 heterocycles. The van der Waals surface area contributed by atoms with Gasteiger partial charge in [0.25, 0.3) is 5.91 Å². The third-order valence-corrected chi connectivity index (χ3v) is 5.11. The third-order valence-electron chi connectivity index (χ3n) is 5.11. The van der Waals surface area contributed by atoms with E-state index in [-0.39, 0.29) is 17.4 Å². The normalized spacial score (nSPS) is 27.4. The fourth-order valence-electron chi connectivity index (χ4n) is 3.63. The Morgan fingerprint density at radius 2 is 2.26 bits per heavy atom. The molecule has 4 rings (SSSR count). The van der Waals surface area contributed by atoms with Crippen LogP contribution in [0, 0.1) is 5.92 Å². The summed E-state index contributed by atoms with van der Waals surface area (Å²) < 4.78 is 12.1. The zero-order valence-electron chi connectivity index (χ0n) is 12.9. The molecule has 0 bridgehead atoms. The highest BCUT2D eigenvalue weighted by Crippen LogP contribution is 2.33. The van der Waals surface area contributed by atoms with Crippen molar-refractivity contribution >= 4 is 17.0 Å². The number of nitrogens with two attached hydrogens (primary N) is 1. The van der Waals surface area contributed by atoms with Crippen LogP contribution in [0.15, 0.2) is 27.4 Å². The lowest BCUT2D eigenvalue weighted by molar-refractivity contribution is 0.0241. The predicted octanol–water partition coefficient (Wildman–Crippen LogP) is 0.321. The molecule has 0 spiro atoms. The molecular weight excluding hydrogens is 298 g/mol. The fourth-order valence-corrected chi connectivity index (χ4v) is 3.63. The maximum Gasteiger partial charge on any atom is 0.419 e. The van der Waals surface area contributed by atoms with Crippen LogP contribution in [0.1, 0.15) is 16.8 Å². The van der Waals surface area contributed by atoms with E-state index in [0.717, 1.165) is 6.42 Å². The summed E-state index contributed by atoms with van der Waals surface area (Å²) in [6, 6.07) is 5.21. The summed E-state index contributed by atoms with van der Waals surface area (Å²) in [5.41, 5.74) is 7.44. The molecular formula is C16H19N3O4. The Kier molecular flexibility index (Phi) is 3.11. The summed E-state index contributed by atoms with van der Waals surface area (Å²) in [6.07, 6.45) is 0.756. The SMILES string of the molecule is Cn1c(=O)oc2c(C(=O)N3C[C@@H]4COCC[C@]4(N)C3)cccc21. The van der Waals surface area contributed by atoms with Crippen LogP contribution in [-0.2, 0) is 11.8 Å². The Morgan fingerprint density at radius 1 is 1.43 bits per heavy atom. The third kappa shape index (κ3) is 2.11. The van der Waals surface area contributed by atoms with Gasteiger partial charge >= 0.3 is 5.76 Å². The van der Waals surface area contributed by atoms with Gasteiger partial charge in [-0.05, 0) is 18.6 Å². The molecule has 2 fully saturated rings. The van der Waals surface area contributed by atoms with Gasteiger partial charge in [0.2, 0.25) is 0 Å². The van der Waals surface area contributed by atoms with E-state index >= 15 is 0 Å². The lowest BCUT2D eigenvalue weighted by atomic mass is 9.84. The van der Waals surface area contributed by atoms with Crippen LogP contribution >= 0.6 is 0 Å². The summed E-state index contributed by atoms with van der Waals surface area (Å²) in [5, 5.41) is 0. The van der Waals surface area contributed by atoms with Crippen molar-refractivity contribution in [2.75, 3.05) is 26.3 Å². The molecule has 0 aliphatic carbocycles. The number of hydrogen-bond donors (Lipinski definition) is 1. The highest BCUT2D eigenvalue weighted by Gasteiger charge is 2.47. The van der Waals surface area contributed by atoms with E-state index in [2.05, 4.69) is 0 Å². The van der Waals surface area contributed by atoms with Gasteiger partial charge in [-0.2, -0.15) is 0 Å². The van der Waals surface area contributed by atoms with Crippen LogP contribution in [0.3, 0.4) is 0 Å². The molecule has 2 atom stereocenters. The number of ether oxygens (including phenoxy) is 1. The maximum absolute atomic E-state index is 12.9. The minimum absolute atomic E-state index is 0.149. The number of fused-ring (bicyclic) bond motifs is 2. The van der Waals surface area contributed by atoms with E-state index in [1.54, 1.807) is 30.1 Å². The van der Waals surface area contributed by atoms with E-state index in [1.165, 1.54) is 4.57 Å². The number of rotatable bonds is 1. The van der Waals surface area contributed by atoms with Crippen molar-refractivity contribution in [3.63, 3.8) is 0 Å².